The number of carbonyl (C=O) groups excluding carboxylic acids is 1. The van der Waals surface area contributed by atoms with Crippen LogP contribution in [0, 0.1) is 11.8 Å². The zero-order valence-corrected chi connectivity index (χ0v) is 17.9. The first-order valence-corrected chi connectivity index (χ1v) is 11.5. The molecule has 2 fully saturated rings. The molecule has 2 aliphatic rings. The Morgan fingerprint density at radius 2 is 1.71 bits per heavy atom. The van der Waals surface area contributed by atoms with E-state index < -0.39 is 44.6 Å². The average molecular weight is 492 g/mol. The first-order valence-electron chi connectivity index (χ1n) is 8.10. The lowest BCUT2D eigenvalue weighted by Crippen LogP contribution is -2.47. The third-order valence-electron chi connectivity index (χ3n) is 4.82. The van der Waals surface area contributed by atoms with E-state index in [1.807, 2.05) is 0 Å². The number of hydrogen-bond acceptors (Lipinski definition) is 5. The lowest BCUT2D eigenvalue weighted by Gasteiger charge is -2.42. The molecular weight excluding hydrogens is 478 g/mol. The molecule has 1 aromatic heterocycles. The minimum atomic E-state index is -4.55. The summed E-state index contributed by atoms with van der Waals surface area (Å²) in [6.45, 7) is 0.124. The number of nitrogens with zero attached hydrogens (tertiary/aromatic N) is 1. The number of piperidine rings is 1. The van der Waals surface area contributed by atoms with Gasteiger partial charge in [0.05, 0.1) is 5.02 Å². The minimum absolute atomic E-state index is 0.0619. The average Bonchev–Trinajstić information content (AvgIpc) is 2.85. The Balaban J connectivity index is 1.89. The molecule has 154 valence electrons. The van der Waals surface area contributed by atoms with Crippen LogP contribution in [0.25, 0.3) is 0 Å². The normalized spacial score (nSPS) is 22.1. The fourth-order valence-electron chi connectivity index (χ4n) is 3.67. The Hall–Kier alpha value is -1.07. The first-order chi connectivity index (χ1) is 13.0. The number of fused-ring (bicyclic) bond motifs is 2. The molecule has 2 heterocycles. The van der Waals surface area contributed by atoms with Crippen LogP contribution in [0.3, 0.4) is 0 Å². The Labute approximate surface area is 179 Å². The number of carboxylic acid groups (broad SMARTS) is 1. The Kier molecular flexibility index (Phi) is 6.17. The molecule has 2 atom stereocenters. The monoisotopic (exact) mass is 490 g/mol. The quantitative estimate of drug-likeness (QED) is 0.618. The van der Waals surface area contributed by atoms with Gasteiger partial charge in [-0.2, -0.15) is 0 Å². The predicted molar refractivity (Wildman–Crippen MR) is 103 cm³/mol. The van der Waals surface area contributed by atoms with Gasteiger partial charge in [0.1, 0.15) is 13.6 Å². The van der Waals surface area contributed by atoms with Crippen LogP contribution in [0.15, 0.2) is 16.3 Å². The molecule has 3 rings (SSSR count). The van der Waals surface area contributed by atoms with Crippen molar-refractivity contribution < 1.29 is 27.5 Å². The fourth-order valence-corrected chi connectivity index (χ4v) is 7.47. The van der Waals surface area contributed by atoms with Crippen LogP contribution in [-0.2, 0) is 14.8 Å². The van der Waals surface area contributed by atoms with E-state index in [0.717, 1.165) is 6.42 Å². The largest absolute Gasteiger partial charge is 0.465 e. The standard InChI is InChI=1S/C15H14Cl3FN2O5S2/c16-9-11(13(18)27-12(9)17)28(25,26)20-14(22)10(19)8-6-2-1-3-7(8)5-21(4-6)15(23)24/h6-7H,1-5H2,(H,20,22)(H,23,24). The topological polar surface area (TPSA) is 104 Å². The third kappa shape index (κ3) is 3.97. The van der Waals surface area contributed by atoms with E-state index in [4.69, 9.17) is 34.8 Å². The molecule has 1 aromatic rings. The minimum Gasteiger partial charge on any atom is -0.465 e. The molecule has 0 spiro atoms. The molecule has 2 amide bonds. The molecule has 1 aliphatic heterocycles. The lowest BCUT2D eigenvalue weighted by atomic mass is 9.73. The van der Waals surface area contributed by atoms with Crippen molar-refractivity contribution in [1.82, 2.24) is 9.62 Å². The molecule has 1 aliphatic carbocycles. The van der Waals surface area contributed by atoms with Crippen LogP contribution < -0.4 is 4.72 Å². The van der Waals surface area contributed by atoms with E-state index in [0.29, 0.717) is 24.2 Å². The Bertz CT molecular complexity index is 963. The Morgan fingerprint density at radius 1 is 1.14 bits per heavy atom. The van der Waals surface area contributed by atoms with E-state index >= 15 is 0 Å². The van der Waals surface area contributed by atoms with Gasteiger partial charge in [-0.15, -0.1) is 11.3 Å². The summed E-state index contributed by atoms with van der Waals surface area (Å²) in [6, 6.07) is 0. The zero-order chi connectivity index (χ0) is 20.8. The van der Waals surface area contributed by atoms with E-state index in [1.54, 1.807) is 4.72 Å². The van der Waals surface area contributed by atoms with Crippen LogP contribution in [0.1, 0.15) is 19.3 Å². The van der Waals surface area contributed by atoms with Gasteiger partial charge in [0.2, 0.25) is 0 Å². The van der Waals surface area contributed by atoms with Crippen molar-refractivity contribution in [3.63, 3.8) is 0 Å². The summed E-state index contributed by atoms with van der Waals surface area (Å²) >= 11 is 18.1. The number of nitrogens with one attached hydrogen (secondary N) is 1. The van der Waals surface area contributed by atoms with E-state index in [1.165, 1.54) is 4.90 Å². The molecule has 1 saturated heterocycles. The summed E-state index contributed by atoms with van der Waals surface area (Å²) in [5.74, 6) is -3.60. The number of rotatable bonds is 3. The maximum Gasteiger partial charge on any atom is 0.407 e. The van der Waals surface area contributed by atoms with Crippen LogP contribution in [0.2, 0.25) is 13.7 Å². The molecule has 2 N–H and O–H groups in total. The van der Waals surface area contributed by atoms with Gasteiger partial charge in [0.15, 0.2) is 5.83 Å². The van der Waals surface area contributed by atoms with Crippen molar-refractivity contribution in [2.45, 2.75) is 24.2 Å². The van der Waals surface area contributed by atoms with Crippen LogP contribution in [0.4, 0.5) is 9.18 Å². The number of halogens is 4. The molecule has 2 unspecified atom stereocenters. The van der Waals surface area contributed by atoms with Crippen molar-refractivity contribution in [3.05, 3.63) is 25.1 Å². The molecule has 2 bridgehead atoms. The van der Waals surface area contributed by atoms with Crippen molar-refractivity contribution in [3.8, 4) is 0 Å². The third-order valence-corrected chi connectivity index (χ3v) is 8.76. The number of thiophene rings is 1. The number of hydrogen-bond donors (Lipinski definition) is 2. The summed E-state index contributed by atoms with van der Waals surface area (Å²) in [6.07, 6.45) is 0.696. The van der Waals surface area contributed by atoms with Crippen molar-refractivity contribution in [2.24, 2.45) is 11.8 Å². The van der Waals surface area contributed by atoms with Gasteiger partial charge < -0.3 is 10.0 Å². The number of carbonyl (C=O) groups is 2. The number of likely N-dealkylation sites (tertiary alicyclic amines) is 1. The molecule has 7 nitrogen and oxygen atoms in total. The van der Waals surface area contributed by atoms with E-state index in [2.05, 4.69) is 0 Å². The fraction of sp³-hybridized carbons (Fsp3) is 0.467. The molecule has 13 heteroatoms. The predicted octanol–water partition coefficient (Wildman–Crippen LogP) is 4.15. The van der Waals surface area contributed by atoms with E-state index in [9.17, 15) is 27.5 Å². The van der Waals surface area contributed by atoms with Gasteiger partial charge in [0.25, 0.3) is 15.9 Å². The lowest BCUT2D eigenvalue weighted by molar-refractivity contribution is -0.117. The highest BCUT2D eigenvalue weighted by atomic mass is 35.5. The second-order valence-corrected chi connectivity index (χ2v) is 10.7. The summed E-state index contributed by atoms with van der Waals surface area (Å²) in [5, 5.41) is 8.83. The summed E-state index contributed by atoms with van der Waals surface area (Å²) < 4.78 is 41.1. The zero-order valence-electron chi connectivity index (χ0n) is 14.0. The van der Waals surface area contributed by atoms with E-state index in [-0.39, 0.29) is 32.4 Å². The highest BCUT2D eigenvalue weighted by Gasteiger charge is 2.41. The van der Waals surface area contributed by atoms with Crippen molar-refractivity contribution >= 4 is 68.2 Å². The maximum absolute atomic E-state index is 14.9. The number of sulfonamides is 1. The molecule has 1 saturated carbocycles. The SMILES string of the molecule is O=C(NS(=O)(=O)c1c(Cl)sc(Cl)c1Cl)C(F)=C1C2CCCC1CN(C(=O)O)C2. The number of amides is 2. The summed E-state index contributed by atoms with van der Waals surface area (Å²) in [5.41, 5.74) is 0.164. The Morgan fingerprint density at radius 3 is 2.18 bits per heavy atom. The van der Waals surface area contributed by atoms with Gasteiger partial charge in [-0.1, -0.05) is 41.2 Å². The highest BCUT2D eigenvalue weighted by Crippen LogP contribution is 2.43. The first kappa shape index (κ1) is 21.6. The highest BCUT2D eigenvalue weighted by molar-refractivity contribution is 7.90. The van der Waals surface area contributed by atoms with Gasteiger partial charge in [-0.25, -0.2) is 22.3 Å². The van der Waals surface area contributed by atoms with Crippen LogP contribution in [-0.4, -0.2) is 43.5 Å². The summed E-state index contributed by atoms with van der Waals surface area (Å²) in [7, 11) is -4.55. The summed E-state index contributed by atoms with van der Waals surface area (Å²) in [4.78, 5) is 24.2. The van der Waals surface area contributed by atoms with Gasteiger partial charge in [-0.3, -0.25) is 4.79 Å². The van der Waals surface area contributed by atoms with Crippen molar-refractivity contribution in [2.75, 3.05) is 13.1 Å². The van der Waals surface area contributed by atoms with Gasteiger partial charge in [0, 0.05) is 24.9 Å². The van der Waals surface area contributed by atoms with Crippen LogP contribution >= 0.6 is 46.1 Å². The smallest absolute Gasteiger partial charge is 0.407 e. The van der Waals surface area contributed by atoms with Crippen LogP contribution in [0.5, 0.6) is 0 Å². The van der Waals surface area contributed by atoms with Crippen molar-refractivity contribution in [1.29, 1.82) is 0 Å². The van der Waals surface area contributed by atoms with Gasteiger partial charge in [-0.05, 0) is 18.4 Å². The van der Waals surface area contributed by atoms with Gasteiger partial charge >= 0.3 is 6.09 Å². The second-order valence-electron chi connectivity index (χ2n) is 6.51. The molecule has 0 aromatic carbocycles. The molecule has 0 radical (unpaired) electrons. The molecule has 28 heavy (non-hydrogen) atoms. The maximum atomic E-state index is 14.9. The molecular formula is C15H14Cl3FN2O5S2. The second kappa shape index (κ2) is 7.98.